The number of β-amino-alcohol motifs (C(OH)–C–C–N with tert-alkyl or cyclic N) is 1. The predicted molar refractivity (Wildman–Crippen MR) is 116 cm³/mol. The van der Waals surface area contributed by atoms with Gasteiger partial charge in [0, 0.05) is 49.2 Å². The molecule has 2 aliphatic rings. The average Bonchev–Trinajstić information content (AvgIpc) is 2.99. The molecule has 0 spiro atoms. The molecule has 1 saturated heterocycles. The fourth-order valence-corrected chi connectivity index (χ4v) is 4.04. The standard InChI is InChI=1S/C22H33ClN2O5/c1-3-8-28-11-7-25-6-5-16(19(26)14-25)13-24-22(27)17-12-18(23)15(2)20-21(17)30-10-4-9-29-20/h12,16,19,26H,3-11,13-14H2,1-2H3,(H,24,27). The summed E-state index contributed by atoms with van der Waals surface area (Å²) < 4.78 is 17.1. The number of hydrogen-bond acceptors (Lipinski definition) is 6. The molecule has 0 radical (unpaired) electrons. The zero-order chi connectivity index (χ0) is 21.5. The van der Waals surface area contributed by atoms with Crippen LogP contribution in [-0.4, -0.2) is 74.6 Å². The maximum atomic E-state index is 12.9. The Balaban J connectivity index is 1.56. The van der Waals surface area contributed by atoms with Crippen molar-refractivity contribution in [2.24, 2.45) is 5.92 Å². The Morgan fingerprint density at radius 1 is 1.33 bits per heavy atom. The summed E-state index contributed by atoms with van der Waals surface area (Å²) in [6.07, 6.45) is 2.10. The van der Waals surface area contributed by atoms with Crippen LogP contribution in [0, 0.1) is 12.8 Å². The summed E-state index contributed by atoms with van der Waals surface area (Å²) >= 11 is 6.33. The van der Waals surface area contributed by atoms with E-state index in [1.54, 1.807) is 6.07 Å². The Morgan fingerprint density at radius 3 is 2.83 bits per heavy atom. The molecule has 1 aromatic carbocycles. The largest absolute Gasteiger partial charge is 0.489 e. The number of aliphatic hydroxyl groups excluding tert-OH is 1. The fraction of sp³-hybridized carbons (Fsp3) is 0.682. The van der Waals surface area contributed by atoms with E-state index in [-0.39, 0.29) is 11.8 Å². The maximum absolute atomic E-state index is 12.9. The molecular weight excluding hydrogens is 408 g/mol. The molecule has 0 aromatic heterocycles. The lowest BCUT2D eigenvalue weighted by Gasteiger charge is -2.36. The number of benzene rings is 1. The van der Waals surface area contributed by atoms with E-state index < -0.39 is 6.10 Å². The Bertz CT molecular complexity index is 730. The summed E-state index contributed by atoms with van der Waals surface area (Å²) in [5.74, 6) is 0.748. The van der Waals surface area contributed by atoms with Crippen LogP contribution in [-0.2, 0) is 4.74 Å². The van der Waals surface area contributed by atoms with Crippen molar-refractivity contribution >= 4 is 17.5 Å². The molecule has 7 nitrogen and oxygen atoms in total. The molecule has 168 valence electrons. The third kappa shape index (κ3) is 5.78. The number of carbonyl (C=O) groups is 1. The molecule has 3 rings (SSSR count). The summed E-state index contributed by atoms with van der Waals surface area (Å²) in [4.78, 5) is 15.1. The minimum Gasteiger partial charge on any atom is -0.489 e. The van der Waals surface area contributed by atoms with Gasteiger partial charge in [0.15, 0.2) is 11.5 Å². The summed E-state index contributed by atoms with van der Waals surface area (Å²) in [6.45, 7) is 9.13. The minimum absolute atomic E-state index is 0.0125. The van der Waals surface area contributed by atoms with E-state index in [0.29, 0.717) is 55.0 Å². The average molecular weight is 441 g/mol. The zero-order valence-electron chi connectivity index (χ0n) is 17.9. The lowest BCUT2D eigenvalue weighted by Crippen LogP contribution is -2.48. The maximum Gasteiger partial charge on any atom is 0.255 e. The van der Waals surface area contributed by atoms with Gasteiger partial charge in [-0.15, -0.1) is 0 Å². The zero-order valence-corrected chi connectivity index (χ0v) is 18.7. The summed E-state index contributed by atoms with van der Waals surface area (Å²) in [6, 6.07) is 1.63. The van der Waals surface area contributed by atoms with E-state index in [1.807, 2.05) is 6.92 Å². The highest BCUT2D eigenvalue weighted by atomic mass is 35.5. The van der Waals surface area contributed by atoms with Crippen molar-refractivity contribution in [2.75, 3.05) is 52.6 Å². The van der Waals surface area contributed by atoms with Gasteiger partial charge >= 0.3 is 0 Å². The van der Waals surface area contributed by atoms with Gasteiger partial charge in [0.2, 0.25) is 0 Å². The monoisotopic (exact) mass is 440 g/mol. The van der Waals surface area contributed by atoms with Gasteiger partial charge in [-0.3, -0.25) is 9.69 Å². The van der Waals surface area contributed by atoms with E-state index in [4.69, 9.17) is 25.8 Å². The Morgan fingerprint density at radius 2 is 2.10 bits per heavy atom. The fourth-order valence-electron chi connectivity index (χ4n) is 3.84. The second-order valence-electron chi connectivity index (χ2n) is 7.98. The predicted octanol–water partition coefficient (Wildman–Crippen LogP) is 2.65. The quantitative estimate of drug-likeness (QED) is 0.605. The molecule has 1 fully saturated rings. The van der Waals surface area contributed by atoms with Crippen LogP contribution >= 0.6 is 11.6 Å². The van der Waals surface area contributed by atoms with Crippen LogP contribution in [0.2, 0.25) is 5.02 Å². The number of nitrogens with one attached hydrogen (secondary N) is 1. The van der Waals surface area contributed by atoms with Gasteiger partial charge in [0.05, 0.1) is 31.5 Å². The first-order chi connectivity index (χ1) is 14.5. The van der Waals surface area contributed by atoms with Gasteiger partial charge in [-0.05, 0) is 32.4 Å². The van der Waals surface area contributed by atoms with Crippen molar-refractivity contribution in [3.05, 3.63) is 22.2 Å². The second kappa shape index (κ2) is 11.2. The highest BCUT2D eigenvalue weighted by Gasteiger charge is 2.29. The SMILES string of the molecule is CCCOCCN1CCC(CNC(=O)c2cc(Cl)c(C)c3c2OCCCO3)C(O)C1. The molecular formula is C22H33ClN2O5. The van der Waals surface area contributed by atoms with E-state index >= 15 is 0 Å². The van der Waals surface area contributed by atoms with Crippen molar-refractivity contribution in [1.29, 1.82) is 0 Å². The van der Waals surface area contributed by atoms with Crippen molar-refractivity contribution < 1.29 is 24.1 Å². The number of halogens is 1. The lowest BCUT2D eigenvalue weighted by molar-refractivity contribution is 0.00897. The van der Waals surface area contributed by atoms with Crippen LogP contribution < -0.4 is 14.8 Å². The Kier molecular flexibility index (Phi) is 8.62. The number of ether oxygens (including phenoxy) is 3. The number of carbonyl (C=O) groups excluding carboxylic acids is 1. The molecule has 8 heteroatoms. The number of amides is 1. The van der Waals surface area contributed by atoms with Crippen molar-refractivity contribution in [2.45, 2.75) is 39.2 Å². The molecule has 0 bridgehead atoms. The number of piperidine rings is 1. The highest BCUT2D eigenvalue weighted by molar-refractivity contribution is 6.32. The number of likely N-dealkylation sites (tertiary alicyclic amines) is 1. The normalized spacial score (nSPS) is 21.9. The van der Waals surface area contributed by atoms with Gasteiger partial charge < -0.3 is 24.6 Å². The van der Waals surface area contributed by atoms with Crippen molar-refractivity contribution in [3.63, 3.8) is 0 Å². The summed E-state index contributed by atoms with van der Waals surface area (Å²) in [5, 5.41) is 14.0. The first kappa shape index (κ1) is 23.1. The Labute approximate surface area is 183 Å². The molecule has 1 aromatic rings. The van der Waals surface area contributed by atoms with Crippen LogP contribution in [0.25, 0.3) is 0 Å². The lowest BCUT2D eigenvalue weighted by atomic mass is 9.93. The van der Waals surface area contributed by atoms with Crippen molar-refractivity contribution in [3.8, 4) is 11.5 Å². The third-order valence-electron chi connectivity index (χ3n) is 5.68. The van der Waals surface area contributed by atoms with Crippen LogP contribution in [0.4, 0.5) is 0 Å². The first-order valence-electron chi connectivity index (χ1n) is 10.9. The molecule has 2 unspecified atom stereocenters. The Hall–Kier alpha value is -1.54. The number of fused-ring (bicyclic) bond motifs is 1. The van der Waals surface area contributed by atoms with Gasteiger partial charge in [-0.1, -0.05) is 18.5 Å². The highest BCUT2D eigenvalue weighted by Crippen LogP contribution is 2.40. The van der Waals surface area contributed by atoms with E-state index in [9.17, 15) is 9.90 Å². The molecule has 2 atom stereocenters. The number of hydrogen-bond donors (Lipinski definition) is 2. The van der Waals surface area contributed by atoms with E-state index in [2.05, 4.69) is 17.1 Å². The van der Waals surface area contributed by atoms with Crippen LogP contribution in [0.15, 0.2) is 6.07 Å². The molecule has 30 heavy (non-hydrogen) atoms. The number of rotatable bonds is 8. The smallest absolute Gasteiger partial charge is 0.255 e. The topological polar surface area (TPSA) is 80.3 Å². The summed E-state index contributed by atoms with van der Waals surface area (Å²) in [5.41, 5.74) is 1.15. The molecule has 2 aliphatic heterocycles. The van der Waals surface area contributed by atoms with Gasteiger partial charge in [-0.2, -0.15) is 0 Å². The van der Waals surface area contributed by atoms with Gasteiger partial charge in [0.1, 0.15) is 0 Å². The minimum atomic E-state index is -0.483. The van der Waals surface area contributed by atoms with E-state index in [1.165, 1.54) is 0 Å². The van der Waals surface area contributed by atoms with Gasteiger partial charge in [0.25, 0.3) is 5.91 Å². The van der Waals surface area contributed by atoms with Crippen LogP contribution in [0.3, 0.4) is 0 Å². The summed E-state index contributed by atoms with van der Waals surface area (Å²) in [7, 11) is 0. The van der Waals surface area contributed by atoms with Crippen molar-refractivity contribution in [1.82, 2.24) is 10.2 Å². The molecule has 0 aliphatic carbocycles. The first-order valence-corrected chi connectivity index (χ1v) is 11.2. The molecule has 2 heterocycles. The van der Waals surface area contributed by atoms with Crippen LogP contribution in [0.1, 0.15) is 42.1 Å². The van der Waals surface area contributed by atoms with E-state index in [0.717, 1.165) is 44.5 Å². The van der Waals surface area contributed by atoms with Gasteiger partial charge in [-0.25, -0.2) is 0 Å². The molecule has 0 saturated carbocycles. The molecule has 1 amide bonds. The number of nitrogens with zero attached hydrogens (tertiary/aromatic N) is 1. The van der Waals surface area contributed by atoms with Crippen LogP contribution in [0.5, 0.6) is 11.5 Å². The third-order valence-corrected chi connectivity index (χ3v) is 6.07. The number of aliphatic hydroxyl groups is 1. The molecule has 2 N–H and O–H groups in total. The second-order valence-corrected chi connectivity index (χ2v) is 8.39.